The van der Waals surface area contributed by atoms with Gasteiger partial charge >= 0.3 is 0 Å². The first-order chi connectivity index (χ1) is 9.60. The van der Waals surface area contributed by atoms with Gasteiger partial charge in [0.1, 0.15) is 0 Å². The largest absolute Gasteiger partial charge is 0.369 e. The van der Waals surface area contributed by atoms with Gasteiger partial charge in [-0.25, -0.2) is 0 Å². The third-order valence-electron chi connectivity index (χ3n) is 4.36. The molecule has 2 amide bonds. The lowest BCUT2D eigenvalue weighted by Gasteiger charge is -2.32. The standard InChI is InChI=1S/C15H27N3O2/c1-2-7-17(10-12-3-4-12)11-14(19)18-8-5-13(6-9-18)15(16)20/h12-13H,2-11H2,1H3,(H2,16,20). The van der Waals surface area contributed by atoms with Crippen molar-refractivity contribution in [1.29, 1.82) is 0 Å². The van der Waals surface area contributed by atoms with Gasteiger partial charge in [0.05, 0.1) is 6.54 Å². The van der Waals surface area contributed by atoms with E-state index < -0.39 is 0 Å². The average Bonchev–Trinajstić information content (AvgIpc) is 3.23. The van der Waals surface area contributed by atoms with Gasteiger partial charge < -0.3 is 10.6 Å². The van der Waals surface area contributed by atoms with Gasteiger partial charge in [-0.3, -0.25) is 14.5 Å². The second-order valence-corrected chi connectivity index (χ2v) is 6.24. The van der Waals surface area contributed by atoms with Gasteiger partial charge in [-0.15, -0.1) is 0 Å². The number of likely N-dealkylation sites (tertiary alicyclic amines) is 1. The van der Waals surface area contributed by atoms with E-state index in [0.717, 1.165) is 38.3 Å². The van der Waals surface area contributed by atoms with Crippen molar-refractivity contribution >= 4 is 11.8 Å². The van der Waals surface area contributed by atoms with Crippen molar-refractivity contribution in [1.82, 2.24) is 9.80 Å². The van der Waals surface area contributed by atoms with Crippen LogP contribution in [0, 0.1) is 11.8 Å². The quantitative estimate of drug-likeness (QED) is 0.751. The first-order valence-corrected chi connectivity index (χ1v) is 7.89. The zero-order valence-electron chi connectivity index (χ0n) is 12.5. The molecule has 114 valence electrons. The van der Waals surface area contributed by atoms with E-state index in [9.17, 15) is 9.59 Å². The molecular weight excluding hydrogens is 254 g/mol. The predicted octanol–water partition coefficient (Wildman–Crippen LogP) is 0.832. The van der Waals surface area contributed by atoms with Crippen molar-refractivity contribution in [2.24, 2.45) is 17.6 Å². The molecule has 1 aliphatic heterocycles. The van der Waals surface area contributed by atoms with Gasteiger partial charge in [-0.2, -0.15) is 0 Å². The molecule has 1 aliphatic carbocycles. The molecule has 0 bridgehead atoms. The van der Waals surface area contributed by atoms with Crippen LogP contribution in [0.5, 0.6) is 0 Å². The van der Waals surface area contributed by atoms with E-state index in [-0.39, 0.29) is 17.7 Å². The summed E-state index contributed by atoms with van der Waals surface area (Å²) in [5.41, 5.74) is 5.32. The normalized spacial score (nSPS) is 20.4. The molecule has 2 N–H and O–H groups in total. The highest BCUT2D eigenvalue weighted by atomic mass is 16.2. The van der Waals surface area contributed by atoms with Crippen LogP contribution in [-0.2, 0) is 9.59 Å². The van der Waals surface area contributed by atoms with Crippen LogP contribution in [0.4, 0.5) is 0 Å². The van der Waals surface area contributed by atoms with Gasteiger partial charge in [0, 0.05) is 25.6 Å². The van der Waals surface area contributed by atoms with Crippen LogP contribution >= 0.6 is 0 Å². The summed E-state index contributed by atoms with van der Waals surface area (Å²) in [7, 11) is 0. The second-order valence-electron chi connectivity index (χ2n) is 6.24. The molecule has 2 fully saturated rings. The summed E-state index contributed by atoms with van der Waals surface area (Å²) in [6.07, 6.45) is 5.16. The van der Waals surface area contributed by atoms with Crippen molar-refractivity contribution in [3.8, 4) is 0 Å². The Hall–Kier alpha value is -1.10. The number of primary amides is 1. The van der Waals surface area contributed by atoms with E-state index in [4.69, 9.17) is 5.73 Å². The molecule has 1 saturated carbocycles. The first kappa shape index (κ1) is 15.3. The Kier molecular flexibility index (Phi) is 5.40. The number of hydrogen-bond donors (Lipinski definition) is 1. The van der Waals surface area contributed by atoms with Crippen molar-refractivity contribution in [3.63, 3.8) is 0 Å². The molecule has 0 aromatic heterocycles. The van der Waals surface area contributed by atoms with Gasteiger partial charge in [-0.05, 0) is 44.6 Å². The topological polar surface area (TPSA) is 66.6 Å². The molecule has 5 nitrogen and oxygen atoms in total. The zero-order valence-corrected chi connectivity index (χ0v) is 12.5. The van der Waals surface area contributed by atoms with Crippen molar-refractivity contribution < 1.29 is 9.59 Å². The molecule has 1 saturated heterocycles. The van der Waals surface area contributed by atoms with Crippen LogP contribution in [0.25, 0.3) is 0 Å². The predicted molar refractivity (Wildman–Crippen MR) is 78.0 cm³/mol. The second kappa shape index (κ2) is 7.07. The number of nitrogens with two attached hydrogens (primary N) is 1. The van der Waals surface area contributed by atoms with Crippen molar-refractivity contribution in [2.45, 2.75) is 39.0 Å². The molecule has 20 heavy (non-hydrogen) atoms. The third kappa shape index (κ3) is 4.47. The van der Waals surface area contributed by atoms with E-state index in [1.807, 2.05) is 4.90 Å². The Morgan fingerprint density at radius 2 is 1.85 bits per heavy atom. The highest BCUT2D eigenvalue weighted by Crippen LogP contribution is 2.29. The first-order valence-electron chi connectivity index (χ1n) is 7.89. The lowest BCUT2D eigenvalue weighted by molar-refractivity contribution is -0.136. The summed E-state index contributed by atoms with van der Waals surface area (Å²) in [5.74, 6) is 0.757. The maximum Gasteiger partial charge on any atom is 0.236 e. The van der Waals surface area contributed by atoms with E-state index in [2.05, 4.69) is 11.8 Å². The Labute approximate surface area is 121 Å². The number of nitrogens with zero attached hydrogens (tertiary/aromatic N) is 2. The molecule has 0 spiro atoms. The Morgan fingerprint density at radius 1 is 1.20 bits per heavy atom. The number of hydrogen-bond acceptors (Lipinski definition) is 3. The van der Waals surface area contributed by atoms with E-state index in [0.29, 0.717) is 19.6 Å². The van der Waals surface area contributed by atoms with Crippen LogP contribution in [0.3, 0.4) is 0 Å². The summed E-state index contributed by atoms with van der Waals surface area (Å²) >= 11 is 0. The van der Waals surface area contributed by atoms with Crippen LogP contribution < -0.4 is 5.73 Å². The minimum atomic E-state index is -0.224. The maximum absolute atomic E-state index is 12.3. The average molecular weight is 281 g/mol. The lowest BCUT2D eigenvalue weighted by Crippen LogP contribution is -2.46. The summed E-state index contributed by atoms with van der Waals surface area (Å²) in [6, 6.07) is 0. The lowest BCUT2D eigenvalue weighted by atomic mass is 9.96. The summed E-state index contributed by atoms with van der Waals surface area (Å²) < 4.78 is 0. The van der Waals surface area contributed by atoms with Crippen molar-refractivity contribution in [2.75, 3.05) is 32.7 Å². The molecule has 0 aromatic carbocycles. The van der Waals surface area contributed by atoms with Gasteiger partial charge in [-0.1, -0.05) is 6.92 Å². The number of piperidine rings is 1. The summed E-state index contributed by atoms with van der Waals surface area (Å²) in [5, 5.41) is 0. The minimum Gasteiger partial charge on any atom is -0.369 e. The van der Waals surface area contributed by atoms with Crippen molar-refractivity contribution in [3.05, 3.63) is 0 Å². The Bertz CT molecular complexity index is 347. The molecule has 0 radical (unpaired) electrons. The molecule has 1 heterocycles. The molecule has 0 unspecified atom stereocenters. The summed E-state index contributed by atoms with van der Waals surface area (Å²) in [6.45, 7) is 6.11. The molecule has 2 aliphatic rings. The molecule has 0 aromatic rings. The Morgan fingerprint density at radius 3 is 2.35 bits per heavy atom. The number of amides is 2. The fourth-order valence-corrected chi connectivity index (χ4v) is 2.92. The van der Waals surface area contributed by atoms with E-state index >= 15 is 0 Å². The minimum absolute atomic E-state index is 0.0442. The fraction of sp³-hybridized carbons (Fsp3) is 0.867. The number of rotatable bonds is 7. The monoisotopic (exact) mass is 281 g/mol. The third-order valence-corrected chi connectivity index (χ3v) is 4.36. The zero-order chi connectivity index (χ0) is 14.5. The van der Waals surface area contributed by atoms with Gasteiger partial charge in [0.15, 0.2) is 0 Å². The number of carbonyl (C=O) groups is 2. The van der Waals surface area contributed by atoms with Gasteiger partial charge in [0.2, 0.25) is 11.8 Å². The smallest absolute Gasteiger partial charge is 0.236 e. The summed E-state index contributed by atoms with van der Waals surface area (Å²) in [4.78, 5) is 27.7. The fourth-order valence-electron chi connectivity index (χ4n) is 2.92. The van der Waals surface area contributed by atoms with Gasteiger partial charge in [0.25, 0.3) is 0 Å². The molecular formula is C15H27N3O2. The van der Waals surface area contributed by atoms with E-state index in [1.54, 1.807) is 0 Å². The van der Waals surface area contributed by atoms with Crippen LogP contribution in [-0.4, -0.2) is 54.3 Å². The maximum atomic E-state index is 12.3. The Balaban J connectivity index is 1.76. The molecule has 5 heteroatoms. The highest BCUT2D eigenvalue weighted by molar-refractivity contribution is 5.80. The van der Waals surface area contributed by atoms with E-state index in [1.165, 1.54) is 12.8 Å². The molecule has 2 rings (SSSR count). The van der Waals surface area contributed by atoms with Crippen LogP contribution in [0.15, 0.2) is 0 Å². The molecule has 0 atom stereocenters. The SMILES string of the molecule is CCCN(CC(=O)N1CCC(C(N)=O)CC1)CC1CC1. The van der Waals surface area contributed by atoms with Crippen LogP contribution in [0.1, 0.15) is 39.0 Å². The van der Waals surface area contributed by atoms with Crippen LogP contribution in [0.2, 0.25) is 0 Å². The highest BCUT2D eigenvalue weighted by Gasteiger charge is 2.28. The number of carbonyl (C=O) groups excluding carboxylic acids is 2.